The molecule has 0 aliphatic carbocycles. The lowest BCUT2D eigenvalue weighted by Gasteiger charge is -2.36. The standard InChI is InChI=1S/C24H36N6O/c1-5-13-29-14-16-30(17-15-29)21-9-7-19(8-10-21)26-23-25-12-11-20(27-23)18-22(31)28-24(3,4)6-2/h7-12H,5-6,13-18H2,1-4H3,(H,28,31)(H,25,26,27). The molecule has 168 valence electrons. The number of piperazine rings is 1. The Hall–Kier alpha value is -2.67. The van der Waals surface area contributed by atoms with Crippen LogP contribution in [0.1, 0.15) is 46.2 Å². The molecule has 0 radical (unpaired) electrons. The van der Waals surface area contributed by atoms with Crippen molar-refractivity contribution in [2.45, 2.75) is 52.5 Å². The molecule has 1 aliphatic rings. The van der Waals surface area contributed by atoms with Crippen molar-refractivity contribution in [1.29, 1.82) is 0 Å². The van der Waals surface area contributed by atoms with Crippen LogP contribution in [0.2, 0.25) is 0 Å². The Bertz CT molecular complexity index is 843. The van der Waals surface area contributed by atoms with Crippen molar-refractivity contribution in [2.75, 3.05) is 42.9 Å². The Balaban J connectivity index is 1.56. The van der Waals surface area contributed by atoms with E-state index >= 15 is 0 Å². The Kier molecular flexibility index (Phi) is 7.85. The Labute approximate surface area is 186 Å². The van der Waals surface area contributed by atoms with Gasteiger partial charge in [-0.05, 0) is 63.6 Å². The predicted octanol–water partition coefficient (Wildman–Crippen LogP) is 3.60. The molecule has 7 heteroatoms. The number of aromatic nitrogens is 2. The van der Waals surface area contributed by atoms with Crippen LogP contribution in [-0.4, -0.2) is 59.0 Å². The predicted molar refractivity (Wildman–Crippen MR) is 127 cm³/mol. The summed E-state index contributed by atoms with van der Waals surface area (Å²) in [5.41, 5.74) is 2.66. The van der Waals surface area contributed by atoms with Gasteiger partial charge in [-0.2, -0.15) is 0 Å². The van der Waals surface area contributed by atoms with Gasteiger partial charge < -0.3 is 15.5 Å². The van der Waals surface area contributed by atoms with Crippen LogP contribution < -0.4 is 15.5 Å². The molecular weight excluding hydrogens is 388 g/mol. The summed E-state index contributed by atoms with van der Waals surface area (Å²) in [7, 11) is 0. The van der Waals surface area contributed by atoms with Gasteiger partial charge in [0, 0.05) is 49.3 Å². The van der Waals surface area contributed by atoms with Crippen LogP contribution >= 0.6 is 0 Å². The second kappa shape index (κ2) is 10.6. The summed E-state index contributed by atoms with van der Waals surface area (Å²) in [6.07, 6.45) is 4.02. The first-order valence-electron chi connectivity index (χ1n) is 11.4. The van der Waals surface area contributed by atoms with Gasteiger partial charge in [-0.1, -0.05) is 13.8 Å². The molecule has 1 aromatic carbocycles. The van der Waals surface area contributed by atoms with Gasteiger partial charge in [0.1, 0.15) is 0 Å². The van der Waals surface area contributed by atoms with Crippen LogP contribution in [0.3, 0.4) is 0 Å². The SMILES string of the molecule is CCCN1CCN(c2ccc(Nc3nccc(CC(=O)NC(C)(C)CC)n3)cc2)CC1. The van der Waals surface area contributed by atoms with Crippen LogP contribution in [0.25, 0.3) is 0 Å². The molecule has 2 aromatic rings. The molecule has 2 N–H and O–H groups in total. The summed E-state index contributed by atoms with van der Waals surface area (Å²) < 4.78 is 0. The van der Waals surface area contributed by atoms with E-state index in [9.17, 15) is 4.79 Å². The summed E-state index contributed by atoms with van der Waals surface area (Å²) in [6, 6.07) is 10.2. The highest BCUT2D eigenvalue weighted by Crippen LogP contribution is 2.21. The molecule has 0 atom stereocenters. The monoisotopic (exact) mass is 424 g/mol. The van der Waals surface area contributed by atoms with Gasteiger partial charge in [-0.25, -0.2) is 9.97 Å². The van der Waals surface area contributed by atoms with Crippen molar-refractivity contribution >= 4 is 23.2 Å². The maximum absolute atomic E-state index is 12.3. The fraction of sp³-hybridized carbons (Fsp3) is 0.542. The zero-order chi connectivity index (χ0) is 22.3. The molecule has 0 bridgehead atoms. The lowest BCUT2D eigenvalue weighted by Crippen LogP contribution is -2.46. The van der Waals surface area contributed by atoms with E-state index in [2.05, 4.69) is 68.5 Å². The second-order valence-corrected chi connectivity index (χ2v) is 8.83. The van der Waals surface area contributed by atoms with E-state index in [0.717, 1.165) is 38.3 Å². The average molecular weight is 425 g/mol. The van der Waals surface area contributed by atoms with Gasteiger partial charge >= 0.3 is 0 Å². The normalized spacial score (nSPS) is 15.0. The van der Waals surface area contributed by atoms with Crippen molar-refractivity contribution in [3.05, 3.63) is 42.2 Å². The smallest absolute Gasteiger partial charge is 0.227 e. The number of carbonyl (C=O) groups excluding carboxylic acids is 1. The minimum Gasteiger partial charge on any atom is -0.369 e. The van der Waals surface area contributed by atoms with E-state index in [0.29, 0.717) is 11.6 Å². The third-order valence-electron chi connectivity index (χ3n) is 5.82. The maximum atomic E-state index is 12.3. The molecule has 1 aliphatic heterocycles. The molecular formula is C24H36N6O. The maximum Gasteiger partial charge on any atom is 0.227 e. The summed E-state index contributed by atoms with van der Waals surface area (Å²) in [4.78, 5) is 26.1. The van der Waals surface area contributed by atoms with E-state index in [-0.39, 0.29) is 17.9 Å². The fourth-order valence-corrected chi connectivity index (χ4v) is 3.66. The van der Waals surface area contributed by atoms with Gasteiger partial charge in [0.05, 0.1) is 12.1 Å². The number of rotatable bonds is 9. The van der Waals surface area contributed by atoms with E-state index in [4.69, 9.17) is 0 Å². The van der Waals surface area contributed by atoms with Crippen molar-refractivity contribution in [1.82, 2.24) is 20.2 Å². The van der Waals surface area contributed by atoms with Gasteiger partial charge in [-0.3, -0.25) is 9.69 Å². The van der Waals surface area contributed by atoms with Gasteiger partial charge in [-0.15, -0.1) is 0 Å². The first-order valence-corrected chi connectivity index (χ1v) is 11.4. The van der Waals surface area contributed by atoms with Crippen LogP contribution in [0.4, 0.5) is 17.3 Å². The number of carbonyl (C=O) groups is 1. The van der Waals surface area contributed by atoms with Gasteiger partial charge in [0.15, 0.2) is 0 Å². The number of amides is 1. The number of nitrogens with zero attached hydrogens (tertiary/aromatic N) is 4. The molecule has 0 unspecified atom stereocenters. The minimum absolute atomic E-state index is 0.0279. The highest BCUT2D eigenvalue weighted by Gasteiger charge is 2.19. The zero-order valence-corrected chi connectivity index (χ0v) is 19.3. The molecule has 3 rings (SSSR count). The number of nitrogens with one attached hydrogen (secondary N) is 2. The molecule has 1 saturated heterocycles. The van der Waals surface area contributed by atoms with Gasteiger partial charge in [0.25, 0.3) is 0 Å². The zero-order valence-electron chi connectivity index (χ0n) is 19.3. The molecule has 1 aromatic heterocycles. The third-order valence-corrected chi connectivity index (χ3v) is 5.82. The van der Waals surface area contributed by atoms with Crippen molar-refractivity contribution < 1.29 is 4.79 Å². The third kappa shape index (κ3) is 6.92. The largest absolute Gasteiger partial charge is 0.369 e. The Morgan fingerprint density at radius 3 is 2.42 bits per heavy atom. The first kappa shape index (κ1) is 23.0. The molecule has 0 saturated carbocycles. The summed E-state index contributed by atoms with van der Waals surface area (Å²) in [5.74, 6) is 0.473. The first-order chi connectivity index (χ1) is 14.9. The number of anilines is 3. The van der Waals surface area contributed by atoms with Crippen LogP contribution in [0, 0.1) is 0 Å². The van der Waals surface area contributed by atoms with Crippen molar-refractivity contribution in [3.63, 3.8) is 0 Å². The molecule has 7 nitrogen and oxygen atoms in total. The second-order valence-electron chi connectivity index (χ2n) is 8.83. The van der Waals surface area contributed by atoms with Crippen molar-refractivity contribution in [2.24, 2.45) is 0 Å². The summed E-state index contributed by atoms with van der Waals surface area (Å²) in [6.45, 7) is 13.9. The van der Waals surface area contributed by atoms with Crippen LogP contribution in [0.5, 0.6) is 0 Å². The van der Waals surface area contributed by atoms with Crippen LogP contribution in [-0.2, 0) is 11.2 Å². The van der Waals surface area contributed by atoms with E-state index < -0.39 is 0 Å². The highest BCUT2D eigenvalue weighted by molar-refractivity contribution is 5.78. The molecule has 2 heterocycles. The lowest BCUT2D eigenvalue weighted by molar-refractivity contribution is -0.122. The van der Waals surface area contributed by atoms with E-state index in [1.54, 1.807) is 12.3 Å². The van der Waals surface area contributed by atoms with E-state index in [1.165, 1.54) is 18.7 Å². The highest BCUT2D eigenvalue weighted by atomic mass is 16.1. The molecule has 0 spiro atoms. The Morgan fingerprint density at radius 1 is 1.06 bits per heavy atom. The lowest BCUT2D eigenvalue weighted by atomic mass is 10.0. The molecule has 1 amide bonds. The molecule has 1 fully saturated rings. The fourth-order valence-electron chi connectivity index (χ4n) is 3.66. The van der Waals surface area contributed by atoms with Crippen LogP contribution in [0.15, 0.2) is 36.5 Å². The number of hydrogen-bond donors (Lipinski definition) is 2. The topological polar surface area (TPSA) is 73.4 Å². The summed E-state index contributed by atoms with van der Waals surface area (Å²) in [5, 5.41) is 6.29. The number of hydrogen-bond acceptors (Lipinski definition) is 6. The minimum atomic E-state index is -0.213. The molecule has 31 heavy (non-hydrogen) atoms. The van der Waals surface area contributed by atoms with Crippen molar-refractivity contribution in [3.8, 4) is 0 Å². The Morgan fingerprint density at radius 2 is 1.77 bits per heavy atom. The van der Waals surface area contributed by atoms with Gasteiger partial charge in [0.2, 0.25) is 11.9 Å². The number of benzene rings is 1. The summed E-state index contributed by atoms with van der Waals surface area (Å²) >= 11 is 0. The quantitative estimate of drug-likeness (QED) is 0.641. The average Bonchev–Trinajstić information content (AvgIpc) is 2.75. The van der Waals surface area contributed by atoms with E-state index in [1.807, 2.05) is 13.8 Å².